The van der Waals surface area contributed by atoms with Crippen LogP contribution in [0.3, 0.4) is 0 Å². The molecule has 0 aliphatic carbocycles. The molecule has 0 heterocycles. The van der Waals surface area contributed by atoms with E-state index < -0.39 is 6.04 Å². The average molecular weight is 694 g/mol. The molecule has 10 nitrogen and oxygen atoms in total. The number of nitrogens with one attached hydrogen (secondary N) is 2. The maximum atomic E-state index is 11.6. The number of hydrogen-bond acceptors (Lipinski definition) is 8. The maximum absolute atomic E-state index is 11.6. The number of Topliss-reactive ketones (excluding diaryl/α,β-unsaturated/α-hetero) is 2. The van der Waals surface area contributed by atoms with E-state index in [1.165, 1.54) is 0 Å². The Morgan fingerprint density at radius 2 is 1.31 bits per heavy atom. The van der Waals surface area contributed by atoms with Crippen molar-refractivity contribution < 1.29 is 104 Å². The van der Waals surface area contributed by atoms with Crippen molar-refractivity contribution >= 4 is 65.5 Å². The minimum atomic E-state index is -0.571. The van der Waals surface area contributed by atoms with Crippen molar-refractivity contribution in [1.29, 1.82) is 0 Å². The van der Waals surface area contributed by atoms with Crippen LogP contribution in [0.25, 0.3) is 0 Å². The topological polar surface area (TPSA) is 161 Å². The first kappa shape index (κ1) is 43.1. The first-order chi connectivity index (χ1) is 16.0. The second kappa shape index (κ2) is 28.0. The van der Waals surface area contributed by atoms with E-state index in [-0.39, 0.29) is 157 Å². The molecular weight excluding hydrogens is 660 g/mol. The van der Waals surface area contributed by atoms with Crippen LogP contribution >= 0.6 is 18.5 Å². The number of amides is 2. The largest absolute Gasteiger partial charge is 0.542 e. The maximum Gasteiger partial charge on any atom is 0.218 e. The Kier molecular flexibility index (Phi) is 33.6. The molecule has 0 aromatic rings. The van der Waals surface area contributed by atoms with Crippen LogP contribution in [0.1, 0.15) is 71.6 Å². The van der Waals surface area contributed by atoms with Crippen LogP contribution < -0.4 is 10.6 Å². The number of rotatable bonds is 18. The summed E-state index contributed by atoms with van der Waals surface area (Å²) >= 11 is 0. The van der Waals surface area contributed by atoms with E-state index in [0.717, 1.165) is 0 Å². The van der Waals surface area contributed by atoms with Crippen LogP contribution in [0, 0.1) is 5.92 Å². The molecule has 2 radical (unpaired) electrons. The molecule has 0 bridgehead atoms. The molecular formula is C22H34N2O8P2Y2-2. The van der Waals surface area contributed by atoms with Gasteiger partial charge < -0.3 is 20.2 Å². The first-order valence-electron chi connectivity index (χ1n) is 10.9. The number of carbonyl (C=O) groups excluding carboxylic acids is 8. The van der Waals surface area contributed by atoms with Gasteiger partial charge >= 0.3 is 0 Å². The molecule has 2 N–H and O–H groups in total. The van der Waals surface area contributed by atoms with E-state index in [0.29, 0.717) is 12.8 Å². The van der Waals surface area contributed by atoms with Gasteiger partial charge in [-0.2, -0.15) is 0 Å². The summed E-state index contributed by atoms with van der Waals surface area (Å²) in [7, 11) is 4.07. The number of carbonyl (C=O) groups is 6. The van der Waals surface area contributed by atoms with Crippen molar-refractivity contribution in [2.45, 2.75) is 77.7 Å². The molecule has 3 unspecified atom stereocenters. The Morgan fingerprint density at radius 3 is 1.72 bits per heavy atom. The SMILES string of the molecule is CCC(CC(=O)CNC(=O)CC[C-]=O)C(=O)P.CC[C@H](NC(=O)CC[C-]=O)C(=O)CCC(=O)P.[Y].[Y]. The second-order valence-electron chi connectivity index (χ2n) is 7.28. The van der Waals surface area contributed by atoms with Gasteiger partial charge in [0, 0.05) is 103 Å². The zero-order valence-corrected chi connectivity index (χ0v) is 28.8. The van der Waals surface area contributed by atoms with E-state index in [1.807, 2.05) is 16.2 Å². The van der Waals surface area contributed by atoms with Crippen LogP contribution in [0.15, 0.2) is 0 Å². The van der Waals surface area contributed by atoms with E-state index in [9.17, 15) is 38.4 Å². The Balaban J connectivity index is -0.000000269. The number of hydrogen-bond donors (Lipinski definition) is 2. The fourth-order valence-electron chi connectivity index (χ4n) is 2.51. The van der Waals surface area contributed by atoms with Gasteiger partial charge in [-0.1, -0.05) is 32.3 Å². The summed E-state index contributed by atoms with van der Waals surface area (Å²) in [5.41, 5.74) is -0.224. The molecule has 0 saturated carbocycles. The summed E-state index contributed by atoms with van der Waals surface area (Å²) < 4.78 is 0. The molecule has 0 aromatic heterocycles. The van der Waals surface area contributed by atoms with Gasteiger partial charge in [0.2, 0.25) is 11.8 Å². The van der Waals surface area contributed by atoms with E-state index >= 15 is 0 Å². The first-order valence-corrected chi connectivity index (χ1v) is 12.1. The molecule has 0 rings (SSSR count). The van der Waals surface area contributed by atoms with Crippen LogP contribution in [0.2, 0.25) is 0 Å². The molecule has 0 aliphatic rings. The van der Waals surface area contributed by atoms with Crippen LogP contribution in [0.4, 0.5) is 0 Å². The van der Waals surface area contributed by atoms with Gasteiger partial charge in [0.05, 0.1) is 12.6 Å². The van der Waals surface area contributed by atoms with Crippen LogP contribution in [0.5, 0.6) is 0 Å². The van der Waals surface area contributed by atoms with Crippen molar-refractivity contribution in [1.82, 2.24) is 10.6 Å². The van der Waals surface area contributed by atoms with Crippen LogP contribution in [-0.2, 0) is 104 Å². The molecule has 0 aromatic carbocycles. The Hall–Kier alpha value is 0.0278. The Bertz CT molecular complexity index is 739. The third-order valence-corrected chi connectivity index (χ3v) is 5.27. The van der Waals surface area contributed by atoms with Gasteiger partial charge in [-0.15, -0.1) is 12.8 Å². The van der Waals surface area contributed by atoms with Gasteiger partial charge in [-0.25, -0.2) is 0 Å². The number of ketones is 2. The summed E-state index contributed by atoms with van der Waals surface area (Å²) in [5, 5.41) is 4.94. The summed E-state index contributed by atoms with van der Waals surface area (Å²) in [6.07, 6.45) is 4.85. The molecule has 2 amide bonds. The standard InChI is InChI=1S/2C11H17NO4P.2Y/c1-2-8(9(14)5-6-11(16)17)12-10(15)4-3-7-13;1-2-8(11(16)17)6-9(14)7-12-10(15)4-3-5-13;;/h8H,2-6,17H2,1H3,(H,12,15);8H,2-4,6-7,17H2,1H3,(H,12,15);;/q2*-1;;/t8-;;;/m0.../s1. The minimum absolute atomic E-state index is 0. The van der Waals surface area contributed by atoms with E-state index in [4.69, 9.17) is 0 Å². The predicted molar refractivity (Wildman–Crippen MR) is 132 cm³/mol. The Labute approximate surface area is 267 Å². The minimum Gasteiger partial charge on any atom is -0.542 e. The molecule has 4 atom stereocenters. The third kappa shape index (κ3) is 25.7. The van der Waals surface area contributed by atoms with E-state index in [2.05, 4.69) is 19.9 Å². The zero-order chi connectivity index (χ0) is 26.5. The molecule has 36 heavy (non-hydrogen) atoms. The quantitative estimate of drug-likeness (QED) is 0.158. The molecule has 198 valence electrons. The van der Waals surface area contributed by atoms with Gasteiger partial charge in [-0.3, -0.25) is 41.3 Å². The predicted octanol–water partition coefficient (Wildman–Crippen LogP) is 0.897. The van der Waals surface area contributed by atoms with Crippen LogP contribution in [-0.4, -0.2) is 59.6 Å². The normalized spacial score (nSPS) is 11.0. The van der Waals surface area contributed by atoms with E-state index in [1.54, 1.807) is 19.5 Å². The fraction of sp³-hybridized carbons (Fsp3) is 0.636. The van der Waals surface area contributed by atoms with Gasteiger partial charge in [0.15, 0.2) is 17.1 Å². The van der Waals surface area contributed by atoms with Crippen molar-refractivity contribution in [2.75, 3.05) is 6.54 Å². The monoisotopic (exact) mass is 694 g/mol. The van der Waals surface area contributed by atoms with Crippen molar-refractivity contribution in [3.63, 3.8) is 0 Å². The van der Waals surface area contributed by atoms with Gasteiger partial charge in [0.1, 0.15) is 5.52 Å². The molecule has 0 aliphatic heterocycles. The smallest absolute Gasteiger partial charge is 0.218 e. The average Bonchev–Trinajstić information content (AvgIpc) is 2.80. The fourth-order valence-corrected chi connectivity index (χ4v) is 3.00. The second-order valence-corrected chi connectivity index (χ2v) is 8.49. The molecule has 0 fully saturated rings. The summed E-state index contributed by atoms with van der Waals surface area (Å²) in [4.78, 5) is 87.1. The van der Waals surface area contributed by atoms with Gasteiger partial charge in [0.25, 0.3) is 0 Å². The molecule has 0 saturated heterocycles. The summed E-state index contributed by atoms with van der Waals surface area (Å²) in [5.74, 6) is -1.34. The summed E-state index contributed by atoms with van der Waals surface area (Å²) in [6, 6.07) is -0.571. The van der Waals surface area contributed by atoms with Crippen molar-refractivity contribution in [3.05, 3.63) is 0 Å². The van der Waals surface area contributed by atoms with Crippen molar-refractivity contribution in [2.24, 2.45) is 5.92 Å². The van der Waals surface area contributed by atoms with Crippen molar-refractivity contribution in [3.8, 4) is 0 Å². The third-order valence-electron chi connectivity index (χ3n) is 4.51. The summed E-state index contributed by atoms with van der Waals surface area (Å²) in [6.45, 7) is 3.52. The molecule has 0 spiro atoms. The Morgan fingerprint density at radius 1 is 0.778 bits per heavy atom. The van der Waals surface area contributed by atoms with Gasteiger partial charge in [-0.05, 0) is 12.8 Å². The molecule has 14 heteroatoms. The zero-order valence-electron chi connectivity index (χ0n) is 20.8.